The third kappa shape index (κ3) is 11.1. The number of nitrogen functional groups attached to an aromatic ring is 1. The number of nitrogens with zero attached hydrogens (tertiary/aromatic N) is 2. The van der Waals surface area contributed by atoms with Crippen molar-refractivity contribution in [3.63, 3.8) is 0 Å². The summed E-state index contributed by atoms with van der Waals surface area (Å²) in [5.41, 5.74) is 3.06. The number of rotatable bonds is 8. The SMILES string of the molecule is Nc1ccc(C(=O)Nc2cc(S(=O)(=O)[O-])cc3cc(S(=O)(=O)[O-])c(N=Nc4ccc5c(S(=O)(=O)[O-])cccc5c4S(=O)(=O)O)c([O-])c23)cc1.[Na+].[Na+].[Na+].[Na+]. The second kappa shape index (κ2) is 18.5. The number of fused-ring (bicyclic) bond motifs is 2. The van der Waals surface area contributed by atoms with Crippen LogP contribution in [-0.2, 0) is 40.5 Å². The minimum atomic E-state index is -5.68. The number of carbonyl (C=O) groups excluding carboxylic acids is 1. The van der Waals surface area contributed by atoms with Gasteiger partial charge in [0.25, 0.3) is 16.0 Å². The van der Waals surface area contributed by atoms with Crippen molar-refractivity contribution in [3.05, 3.63) is 78.4 Å². The molecule has 26 heteroatoms. The molecule has 1 amide bonds. The minimum Gasteiger partial charge on any atom is -0.870 e. The largest absolute Gasteiger partial charge is 1.00 e. The third-order valence-corrected chi connectivity index (χ3v) is 10.3. The van der Waals surface area contributed by atoms with Crippen molar-refractivity contribution in [2.75, 3.05) is 11.1 Å². The summed E-state index contributed by atoms with van der Waals surface area (Å²) in [4.78, 5) is 8.53. The van der Waals surface area contributed by atoms with E-state index < -0.39 is 110 Å². The topological polar surface area (TPSA) is 329 Å². The molecular weight excluding hydrogens is 825 g/mol. The van der Waals surface area contributed by atoms with E-state index in [1.807, 2.05) is 0 Å². The third-order valence-electron chi connectivity index (χ3n) is 6.82. The first kappa shape index (κ1) is 49.9. The molecule has 0 bridgehead atoms. The van der Waals surface area contributed by atoms with Crippen molar-refractivity contribution >= 4 is 90.7 Å². The standard InChI is InChI=1S/C27H20N4O14S4.4Na/c28-15-6-4-13(5-7-15)27(33)29-20-12-16(46(34,35)36)10-14-11-22(48(40,41)42)24(25(32)23(14)20)31-30-19-9-8-17-18(26(19)49(43,44)45)2-1-3-21(17)47(37,38)39;;;;/h1-12,32H,28H2,(H,29,33)(H,34,35,36)(H,37,38,39)(H,40,41,42)(H,43,44,45);;;;/q;4*+1/p-4. The van der Waals surface area contributed by atoms with E-state index >= 15 is 0 Å². The fraction of sp³-hybridized carbons (Fsp3) is 0. The average molecular weight is 841 g/mol. The number of amides is 1. The summed E-state index contributed by atoms with van der Waals surface area (Å²) in [6, 6.07) is 11.3. The van der Waals surface area contributed by atoms with E-state index in [1.54, 1.807) is 0 Å². The number of hydrogen-bond acceptors (Lipinski definition) is 16. The Balaban J connectivity index is 0.00000351. The van der Waals surface area contributed by atoms with Gasteiger partial charge in [0, 0.05) is 27.7 Å². The maximum atomic E-state index is 13.8. The van der Waals surface area contributed by atoms with E-state index in [4.69, 9.17) is 5.73 Å². The molecule has 0 aliphatic heterocycles. The normalized spacial score (nSPS) is 11.9. The smallest absolute Gasteiger partial charge is 0.870 e. The summed E-state index contributed by atoms with van der Waals surface area (Å²) in [6.45, 7) is 0. The van der Waals surface area contributed by atoms with Crippen molar-refractivity contribution in [1.29, 1.82) is 0 Å². The maximum Gasteiger partial charge on any atom is 1.00 e. The molecule has 5 aromatic rings. The van der Waals surface area contributed by atoms with Gasteiger partial charge < -0.3 is 29.8 Å². The van der Waals surface area contributed by atoms with E-state index in [9.17, 15) is 61.8 Å². The van der Waals surface area contributed by atoms with Gasteiger partial charge in [-0.05, 0) is 65.4 Å². The van der Waals surface area contributed by atoms with Crippen molar-refractivity contribution in [2.24, 2.45) is 10.2 Å². The van der Waals surface area contributed by atoms with Gasteiger partial charge in [-0.1, -0.05) is 23.9 Å². The van der Waals surface area contributed by atoms with Crippen LogP contribution >= 0.6 is 0 Å². The number of benzene rings is 5. The molecule has 0 aliphatic rings. The molecular formula is C27H16N4Na4O14S4. The molecule has 0 atom stereocenters. The number of nitrogens with one attached hydrogen (secondary N) is 1. The van der Waals surface area contributed by atoms with Gasteiger partial charge in [0.15, 0.2) is 0 Å². The monoisotopic (exact) mass is 840 g/mol. The molecule has 0 saturated carbocycles. The molecule has 5 aromatic carbocycles. The van der Waals surface area contributed by atoms with Crippen molar-refractivity contribution in [3.8, 4) is 5.75 Å². The number of hydrogen-bond donors (Lipinski definition) is 3. The van der Waals surface area contributed by atoms with Crippen LogP contribution in [0.2, 0.25) is 0 Å². The fourth-order valence-electron chi connectivity index (χ4n) is 4.76. The minimum absolute atomic E-state index is 0. The zero-order valence-corrected chi connectivity index (χ0v) is 39.1. The van der Waals surface area contributed by atoms with E-state index in [1.165, 1.54) is 24.3 Å². The summed E-state index contributed by atoms with van der Waals surface area (Å²) >= 11 is 0. The van der Waals surface area contributed by atoms with Crippen molar-refractivity contribution in [2.45, 2.75) is 19.6 Å². The molecule has 0 heterocycles. The Hall–Kier alpha value is -1.07. The Bertz CT molecular complexity index is 2730. The molecule has 0 spiro atoms. The van der Waals surface area contributed by atoms with Gasteiger partial charge in [-0.2, -0.15) is 8.42 Å². The molecule has 0 fully saturated rings. The summed E-state index contributed by atoms with van der Waals surface area (Å²) in [5, 5.41) is 20.7. The van der Waals surface area contributed by atoms with Gasteiger partial charge in [-0.15, -0.1) is 10.2 Å². The van der Waals surface area contributed by atoms with Crippen LogP contribution in [0.1, 0.15) is 10.4 Å². The fourth-order valence-corrected chi connectivity index (χ4v) is 7.46. The Morgan fingerprint density at radius 2 is 1.28 bits per heavy atom. The number of nitrogens with two attached hydrogens (primary N) is 1. The van der Waals surface area contributed by atoms with E-state index in [2.05, 4.69) is 15.5 Å². The molecule has 53 heavy (non-hydrogen) atoms. The van der Waals surface area contributed by atoms with Crippen LogP contribution < -0.4 is 134 Å². The number of anilines is 2. The molecule has 5 rings (SSSR count). The molecule has 0 aromatic heterocycles. The summed E-state index contributed by atoms with van der Waals surface area (Å²) in [5.74, 6) is -2.44. The number of carbonyl (C=O) groups is 1. The van der Waals surface area contributed by atoms with Crippen molar-refractivity contribution < 1.29 is 180 Å². The van der Waals surface area contributed by atoms with Gasteiger partial charge in [0.1, 0.15) is 40.9 Å². The molecule has 0 radical (unpaired) electrons. The van der Waals surface area contributed by atoms with Crippen LogP contribution in [-0.4, -0.2) is 57.8 Å². The summed E-state index contributed by atoms with van der Waals surface area (Å²) < 4.78 is 142. The first-order valence-electron chi connectivity index (χ1n) is 12.9. The molecule has 0 unspecified atom stereocenters. The van der Waals surface area contributed by atoms with Gasteiger partial charge in [0.2, 0.25) is 0 Å². The Labute approximate surface area is 390 Å². The second-order valence-corrected chi connectivity index (χ2v) is 15.4. The van der Waals surface area contributed by atoms with Crippen LogP contribution in [0.25, 0.3) is 21.5 Å². The van der Waals surface area contributed by atoms with Gasteiger partial charge >= 0.3 is 118 Å². The molecule has 256 valence electrons. The molecule has 4 N–H and O–H groups in total. The molecule has 0 aliphatic carbocycles. The first-order valence-corrected chi connectivity index (χ1v) is 18.5. The Morgan fingerprint density at radius 3 is 1.81 bits per heavy atom. The van der Waals surface area contributed by atoms with E-state index in [0.717, 1.165) is 30.3 Å². The predicted octanol–water partition coefficient (Wildman–Crippen LogP) is -9.71. The first-order chi connectivity index (χ1) is 22.6. The van der Waals surface area contributed by atoms with Crippen LogP contribution in [0.3, 0.4) is 0 Å². The Kier molecular flexibility index (Phi) is 17.4. The Morgan fingerprint density at radius 1 is 0.698 bits per heavy atom. The van der Waals surface area contributed by atoms with E-state index in [-0.39, 0.29) is 129 Å². The summed E-state index contributed by atoms with van der Waals surface area (Å²) in [7, 11) is -21.5. The van der Waals surface area contributed by atoms with E-state index in [0.29, 0.717) is 18.2 Å². The van der Waals surface area contributed by atoms with Gasteiger partial charge in [0.05, 0.1) is 20.4 Å². The summed E-state index contributed by atoms with van der Waals surface area (Å²) in [6.07, 6.45) is 0. The van der Waals surface area contributed by atoms with Crippen LogP contribution in [0, 0.1) is 0 Å². The zero-order chi connectivity index (χ0) is 36.3. The molecule has 18 nitrogen and oxygen atoms in total. The quantitative estimate of drug-likeness (QED) is 0.0565. The molecule has 0 saturated heterocycles. The number of azo groups is 1. The van der Waals surface area contributed by atoms with Crippen molar-refractivity contribution in [1.82, 2.24) is 0 Å². The average Bonchev–Trinajstić information content (AvgIpc) is 2.97. The van der Waals surface area contributed by atoms with Crippen LogP contribution in [0.4, 0.5) is 22.7 Å². The zero-order valence-electron chi connectivity index (χ0n) is 27.8. The maximum absolute atomic E-state index is 13.8. The van der Waals surface area contributed by atoms with Crippen LogP contribution in [0.5, 0.6) is 5.75 Å². The van der Waals surface area contributed by atoms with Gasteiger partial charge in [-0.3, -0.25) is 9.35 Å². The second-order valence-electron chi connectivity index (χ2n) is 10.0. The van der Waals surface area contributed by atoms with Gasteiger partial charge in [-0.25, -0.2) is 25.3 Å². The predicted molar refractivity (Wildman–Crippen MR) is 164 cm³/mol. The van der Waals surface area contributed by atoms with Crippen LogP contribution in [0.15, 0.2) is 103 Å².